The van der Waals surface area contributed by atoms with Crippen LogP contribution in [0.15, 0.2) is 36.4 Å². The number of rotatable bonds is 7. The Morgan fingerprint density at radius 1 is 0.967 bits per heavy atom. The summed E-state index contributed by atoms with van der Waals surface area (Å²) in [6, 6.07) is 11.7. The van der Waals surface area contributed by atoms with Gasteiger partial charge >= 0.3 is 0 Å². The molecule has 0 radical (unpaired) electrons. The lowest BCUT2D eigenvalue weighted by Crippen LogP contribution is -2.47. The quantitative estimate of drug-likeness (QED) is 0.708. The predicted molar refractivity (Wildman–Crippen MR) is 121 cm³/mol. The molecule has 30 heavy (non-hydrogen) atoms. The molecule has 2 saturated carbocycles. The lowest BCUT2D eigenvalue weighted by Gasteiger charge is -2.36. The molecular formula is C23H28N4O2S. The number of carbonyl (C=O) groups is 2. The van der Waals surface area contributed by atoms with Crippen LogP contribution in [-0.2, 0) is 4.79 Å². The van der Waals surface area contributed by atoms with Gasteiger partial charge in [-0.1, -0.05) is 6.07 Å². The zero-order valence-corrected chi connectivity index (χ0v) is 17.9. The Kier molecular flexibility index (Phi) is 5.48. The van der Waals surface area contributed by atoms with Gasteiger partial charge in [-0.05, 0) is 61.9 Å². The van der Waals surface area contributed by atoms with Gasteiger partial charge in [0.05, 0.1) is 9.88 Å². The zero-order valence-electron chi connectivity index (χ0n) is 17.1. The number of thiophene rings is 1. The molecule has 2 N–H and O–H groups in total. The second kappa shape index (κ2) is 8.40. The maximum absolute atomic E-state index is 12.7. The Labute approximate surface area is 181 Å². The standard InChI is InChI=1S/C23H28N4O2S/c28-22(17-6-7-17)25-21-9-8-20(30-21)23(29)24-18-2-1-3-19(14-18)27-12-10-26(11-13-27)15-16-4-5-16/h1-3,8-9,14,16-17H,4-7,10-13,15H2,(H,24,29)(H,25,28). The Morgan fingerprint density at radius 3 is 2.50 bits per heavy atom. The van der Waals surface area contributed by atoms with Gasteiger partial charge in [-0.2, -0.15) is 0 Å². The van der Waals surface area contributed by atoms with Gasteiger partial charge in [-0.3, -0.25) is 14.5 Å². The van der Waals surface area contributed by atoms with Gasteiger partial charge in [0.1, 0.15) is 0 Å². The van der Waals surface area contributed by atoms with E-state index >= 15 is 0 Å². The van der Waals surface area contributed by atoms with Crippen molar-refractivity contribution < 1.29 is 9.59 Å². The lowest BCUT2D eigenvalue weighted by atomic mass is 10.2. The lowest BCUT2D eigenvalue weighted by molar-refractivity contribution is -0.117. The van der Waals surface area contributed by atoms with E-state index in [1.165, 1.54) is 30.7 Å². The van der Waals surface area contributed by atoms with Crippen molar-refractivity contribution >= 4 is 39.5 Å². The van der Waals surface area contributed by atoms with Crippen molar-refractivity contribution in [1.82, 2.24) is 4.90 Å². The van der Waals surface area contributed by atoms with Gasteiger partial charge in [0.25, 0.3) is 5.91 Å². The summed E-state index contributed by atoms with van der Waals surface area (Å²) in [5.74, 6) is 1.02. The minimum Gasteiger partial charge on any atom is -0.369 e. The molecule has 1 aliphatic heterocycles. The number of anilines is 3. The first kappa shape index (κ1) is 19.6. The van der Waals surface area contributed by atoms with Crippen LogP contribution in [0.5, 0.6) is 0 Å². The number of piperazine rings is 1. The van der Waals surface area contributed by atoms with Crippen LogP contribution in [-0.4, -0.2) is 49.4 Å². The Balaban J connectivity index is 1.17. The van der Waals surface area contributed by atoms with Crippen LogP contribution >= 0.6 is 11.3 Å². The number of amides is 2. The monoisotopic (exact) mass is 424 g/mol. The van der Waals surface area contributed by atoms with E-state index in [0.717, 1.165) is 61.3 Å². The number of hydrogen-bond acceptors (Lipinski definition) is 5. The molecule has 1 aromatic heterocycles. The van der Waals surface area contributed by atoms with Gasteiger partial charge in [0, 0.05) is 50.0 Å². The average molecular weight is 425 g/mol. The molecule has 5 rings (SSSR count). The number of nitrogens with one attached hydrogen (secondary N) is 2. The van der Waals surface area contributed by atoms with Gasteiger partial charge in [0.15, 0.2) is 0 Å². The van der Waals surface area contributed by atoms with Crippen LogP contribution in [0.3, 0.4) is 0 Å². The van der Waals surface area contributed by atoms with Gasteiger partial charge in [0.2, 0.25) is 5.91 Å². The number of hydrogen-bond donors (Lipinski definition) is 2. The van der Waals surface area contributed by atoms with Crippen molar-refractivity contribution in [2.75, 3.05) is 48.3 Å². The fourth-order valence-electron chi connectivity index (χ4n) is 3.92. The van der Waals surface area contributed by atoms with Crippen LogP contribution in [0.2, 0.25) is 0 Å². The first-order chi connectivity index (χ1) is 14.6. The van der Waals surface area contributed by atoms with Gasteiger partial charge in [-0.25, -0.2) is 0 Å². The van der Waals surface area contributed by atoms with Crippen molar-refractivity contribution in [3.05, 3.63) is 41.3 Å². The van der Waals surface area contributed by atoms with Crippen molar-refractivity contribution in [1.29, 1.82) is 0 Å². The SMILES string of the molecule is O=C(Nc1cccc(N2CCN(CC3CC3)CC2)c1)c1ccc(NC(=O)C2CC2)s1. The second-order valence-corrected chi connectivity index (χ2v) is 9.75. The largest absolute Gasteiger partial charge is 0.369 e. The third-order valence-electron chi connectivity index (χ3n) is 6.08. The molecule has 3 aliphatic rings. The molecule has 0 bridgehead atoms. The number of carbonyl (C=O) groups excluding carboxylic acids is 2. The zero-order chi connectivity index (χ0) is 20.5. The van der Waals surface area contributed by atoms with E-state index in [4.69, 9.17) is 0 Å². The molecule has 6 nitrogen and oxygen atoms in total. The van der Waals surface area contributed by atoms with Gasteiger partial charge in [-0.15, -0.1) is 11.3 Å². The molecule has 2 heterocycles. The van der Waals surface area contributed by atoms with Crippen molar-refractivity contribution in [2.24, 2.45) is 11.8 Å². The predicted octanol–water partition coefficient (Wildman–Crippen LogP) is 3.88. The molecule has 0 atom stereocenters. The molecule has 2 aliphatic carbocycles. The van der Waals surface area contributed by atoms with E-state index in [-0.39, 0.29) is 17.7 Å². The van der Waals surface area contributed by atoms with Crippen molar-refractivity contribution in [3.8, 4) is 0 Å². The highest BCUT2D eigenvalue weighted by atomic mass is 32.1. The Morgan fingerprint density at radius 2 is 1.77 bits per heavy atom. The highest BCUT2D eigenvalue weighted by Crippen LogP contribution is 2.32. The molecular weight excluding hydrogens is 396 g/mol. The molecule has 1 aromatic carbocycles. The van der Waals surface area contributed by atoms with E-state index in [1.54, 1.807) is 12.1 Å². The first-order valence-electron chi connectivity index (χ1n) is 10.9. The minimum atomic E-state index is -0.140. The maximum atomic E-state index is 12.7. The third kappa shape index (κ3) is 4.84. The fraction of sp³-hybridized carbons (Fsp3) is 0.478. The highest BCUT2D eigenvalue weighted by molar-refractivity contribution is 7.18. The summed E-state index contributed by atoms with van der Waals surface area (Å²) in [6.45, 7) is 5.53. The molecule has 2 aromatic rings. The first-order valence-corrected chi connectivity index (χ1v) is 11.7. The molecule has 1 saturated heterocycles. The van der Waals surface area contributed by atoms with Crippen molar-refractivity contribution in [3.63, 3.8) is 0 Å². The van der Waals surface area contributed by atoms with E-state index in [2.05, 4.69) is 32.6 Å². The molecule has 3 fully saturated rings. The highest BCUT2D eigenvalue weighted by Gasteiger charge is 2.30. The Hall–Kier alpha value is -2.38. The third-order valence-corrected chi connectivity index (χ3v) is 7.08. The number of nitrogens with zero attached hydrogens (tertiary/aromatic N) is 2. The van der Waals surface area contributed by atoms with Gasteiger partial charge < -0.3 is 15.5 Å². The van der Waals surface area contributed by atoms with E-state index in [0.29, 0.717) is 4.88 Å². The summed E-state index contributed by atoms with van der Waals surface area (Å²) in [5, 5.41) is 6.64. The maximum Gasteiger partial charge on any atom is 0.265 e. The van der Waals surface area contributed by atoms with Crippen LogP contribution < -0.4 is 15.5 Å². The summed E-state index contributed by atoms with van der Waals surface area (Å²) < 4.78 is 0. The summed E-state index contributed by atoms with van der Waals surface area (Å²) in [6.07, 6.45) is 4.74. The second-order valence-electron chi connectivity index (χ2n) is 8.66. The molecule has 0 unspecified atom stereocenters. The van der Waals surface area contributed by atoms with Crippen molar-refractivity contribution in [2.45, 2.75) is 25.7 Å². The minimum absolute atomic E-state index is 0.0636. The van der Waals surface area contributed by atoms with Crippen LogP contribution in [0.4, 0.5) is 16.4 Å². The smallest absolute Gasteiger partial charge is 0.265 e. The van der Waals surface area contributed by atoms with Crippen LogP contribution in [0.25, 0.3) is 0 Å². The molecule has 2 amide bonds. The number of benzene rings is 1. The molecule has 7 heteroatoms. The molecule has 0 spiro atoms. The summed E-state index contributed by atoms with van der Waals surface area (Å²) in [4.78, 5) is 30.1. The van der Waals surface area contributed by atoms with Crippen LogP contribution in [0.1, 0.15) is 35.4 Å². The fourth-order valence-corrected chi connectivity index (χ4v) is 4.73. The summed E-state index contributed by atoms with van der Waals surface area (Å²) >= 11 is 1.32. The summed E-state index contributed by atoms with van der Waals surface area (Å²) in [7, 11) is 0. The van der Waals surface area contributed by atoms with Crippen LogP contribution in [0, 0.1) is 11.8 Å². The topological polar surface area (TPSA) is 64.7 Å². The molecule has 158 valence electrons. The van der Waals surface area contributed by atoms with E-state index in [1.807, 2.05) is 12.1 Å². The normalized spacial score (nSPS) is 19.5. The summed E-state index contributed by atoms with van der Waals surface area (Å²) in [5.41, 5.74) is 1.96. The Bertz CT molecular complexity index is 927. The average Bonchev–Trinajstić information content (AvgIpc) is 3.68. The van der Waals surface area contributed by atoms with E-state index in [9.17, 15) is 9.59 Å². The van der Waals surface area contributed by atoms with E-state index < -0.39 is 0 Å².